The van der Waals surface area contributed by atoms with Crippen LogP contribution in [0.2, 0.25) is 0 Å². The van der Waals surface area contributed by atoms with Crippen molar-refractivity contribution in [2.24, 2.45) is 0 Å². The number of amides is 1. The van der Waals surface area contributed by atoms with Crippen molar-refractivity contribution < 1.29 is 9.53 Å². The summed E-state index contributed by atoms with van der Waals surface area (Å²) in [5.74, 6) is 0.699. The third-order valence-electron chi connectivity index (χ3n) is 5.00. The van der Waals surface area contributed by atoms with E-state index in [4.69, 9.17) is 4.74 Å². The summed E-state index contributed by atoms with van der Waals surface area (Å²) < 4.78 is 5.35. The molecule has 4 rings (SSSR count). The van der Waals surface area contributed by atoms with Gasteiger partial charge in [-0.3, -0.25) is 4.79 Å². The second-order valence-electron chi connectivity index (χ2n) is 7.06. The lowest BCUT2D eigenvalue weighted by atomic mass is 10.1. The van der Waals surface area contributed by atoms with E-state index < -0.39 is 0 Å². The molecule has 1 atom stereocenters. The first kappa shape index (κ1) is 20.9. The lowest BCUT2D eigenvalue weighted by Gasteiger charge is -2.14. The minimum Gasteiger partial charge on any atom is -0.496 e. The molecule has 0 saturated carbocycles. The highest BCUT2D eigenvalue weighted by Gasteiger charge is 2.19. The number of hydrogen-bond acceptors (Lipinski definition) is 5. The van der Waals surface area contributed by atoms with E-state index in [2.05, 4.69) is 15.5 Å². The van der Waals surface area contributed by atoms with Gasteiger partial charge in [0.1, 0.15) is 16.5 Å². The number of thioether (sulfide) groups is 1. The average molecular weight is 430 g/mol. The Hall–Kier alpha value is -3.38. The molecule has 1 N–H and O–H groups in total. The quantitative estimate of drug-likeness (QED) is 0.414. The van der Waals surface area contributed by atoms with E-state index in [0.717, 1.165) is 38.4 Å². The van der Waals surface area contributed by atoms with Gasteiger partial charge in [0.05, 0.1) is 12.4 Å². The molecule has 0 saturated heterocycles. The zero-order valence-electron chi connectivity index (χ0n) is 17.4. The summed E-state index contributed by atoms with van der Waals surface area (Å²) in [5.41, 5.74) is 2.80. The van der Waals surface area contributed by atoms with Crippen molar-refractivity contribution in [2.45, 2.75) is 23.7 Å². The van der Waals surface area contributed by atoms with Crippen LogP contribution in [-0.4, -0.2) is 28.5 Å². The Morgan fingerprint density at radius 1 is 0.935 bits per heavy atom. The predicted molar refractivity (Wildman–Crippen MR) is 125 cm³/mol. The van der Waals surface area contributed by atoms with Crippen molar-refractivity contribution in [1.82, 2.24) is 15.5 Å². The Labute approximate surface area is 185 Å². The monoisotopic (exact) mass is 429 g/mol. The van der Waals surface area contributed by atoms with Crippen LogP contribution in [0.25, 0.3) is 22.0 Å². The largest absolute Gasteiger partial charge is 0.496 e. The number of fused-ring (bicyclic) bond motifs is 1. The zero-order chi connectivity index (χ0) is 21.6. The van der Waals surface area contributed by atoms with Gasteiger partial charge in [0.15, 0.2) is 0 Å². The molecule has 5 nitrogen and oxygen atoms in total. The maximum atomic E-state index is 12.7. The lowest BCUT2D eigenvalue weighted by molar-refractivity contribution is -0.120. The van der Waals surface area contributed by atoms with Crippen LogP contribution < -0.4 is 10.1 Å². The van der Waals surface area contributed by atoms with Crippen LogP contribution in [0.4, 0.5) is 0 Å². The van der Waals surface area contributed by atoms with Crippen LogP contribution >= 0.6 is 11.8 Å². The van der Waals surface area contributed by atoms with E-state index in [9.17, 15) is 4.79 Å². The number of aromatic nitrogens is 2. The van der Waals surface area contributed by atoms with Crippen molar-refractivity contribution in [3.8, 4) is 17.0 Å². The SMILES string of the molecule is COc1ccccc1CNC(=O)[C@@H](C)Sc1nnc(-c2ccccc2)c2ccccc12. The first-order chi connectivity index (χ1) is 15.2. The Morgan fingerprint density at radius 2 is 1.61 bits per heavy atom. The van der Waals surface area contributed by atoms with Crippen LogP contribution in [0, 0.1) is 0 Å². The molecule has 0 bridgehead atoms. The molecule has 0 unspecified atom stereocenters. The van der Waals surface area contributed by atoms with Crippen molar-refractivity contribution >= 4 is 28.4 Å². The highest BCUT2D eigenvalue weighted by molar-refractivity contribution is 8.00. The van der Waals surface area contributed by atoms with Gasteiger partial charge in [-0.25, -0.2) is 0 Å². The second-order valence-corrected chi connectivity index (χ2v) is 8.38. The van der Waals surface area contributed by atoms with Gasteiger partial charge in [0, 0.05) is 28.4 Å². The summed E-state index contributed by atoms with van der Waals surface area (Å²) in [4.78, 5) is 12.7. The topological polar surface area (TPSA) is 64.1 Å². The molecule has 1 aromatic heterocycles. The summed E-state index contributed by atoms with van der Waals surface area (Å²) >= 11 is 1.41. The maximum absolute atomic E-state index is 12.7. The number of para-hydroxylation sites is 1. The van der Waals surface area contributed by atoms with Crippen molar-refractivity contribution in [3.63, 3.8) is 0 Å². The number of hydrogen-bond donors (Lipinski definition) is 1. The fraction of sp³-hybridized carbons (Fsp3) is 0.160. The minimum absolute atomic E-state index is 0.0612. The van der Waals surface area contributed by atoms with Crippen LogP contribution in [0.3, 0.4) is 0 Å². The molecule has 0 aliphatic rings. The summed E-state index contributed by atoms with van der Waals surface area (Å²) in [7, 11) is 1.63. The molecule has 156 valence electrons. The Bertz CT molecular complexity index is 1200. The van der Waals surface area contributed by atoms with Crippen molar-refractivity contribution in [2.75, 3.05) is 7.11 Å². The summed E-state index contributed by atoms with van der Waals surface area (Å²) in [6, 6.07) is 25.7. The minimum atomic E-state index is -0.324. The normalized spacial score (nSPS) is 11.8. The summed E-state index contributed by atoms with van der Waals surface area (Å²) in [6.45, 7) is 2.29. The average Bonchev–Trinajstić information content (AvgIpc) is 2.83. The number of carbonyl (C=O) groups excluding carboxylic acids is 1. The first-order valence-electron chi connectivity index (χ1n) is 10.0. The molecule has 6 heteroatoms. The van der Waals surface area contributed by atoms with E-state index >= 15 is 0 Å². The molecule has 0 aliphatic heterocycles. The van der Waals surface area contributed by atoms with Crippen molar-refractivity contribution in [1.29, 1.82) is 0 Å². The van der Waals surface area contributed by atoms with Gasteiger partial charge in [0.2, 0.25) is 5.91 Å². The number of carbonyl (C=O) groups is 1. The standard InChI is InChI=1S/C25H23N3O2S/c1-17(24(29)26-16-19-12-6-9-15-22(19)30-2)31-25-21-14-8-7-13-20(21)23(27-28-25)18-10-4-3-5-11-18/h3-15,17H,16H2,1-2H3,(H,26,29)/t17-/m1/s1. The van der Waals surface area contributed by atoms with Gasteiger partial charge in [-0.2, -0.15) is 0 Å². The molecular formula is C25H23N3O2S. The van der Waals surface area contributed by atoms with Gasteiger partial charge in [-0.05, 0) is 13.0 Å². The molecule has 0 radical (unpaired) electrons. The van der Waals surface area contributed by atoms with Crippen molar-refractivity contribution in [3.05, 3.63) is 84.4 Å². The van der Waals surface area contributed by atoms with E-state index in [0.29, 0.717) is 6.54 Å². The molecular weight excluding hydrogens is 406 g/mol. The molecule has 1 amide bonds. The molecule has 0 spiro atoms. The second kappa shape index (κ2) is 9.62. The number of methoxy groups -OCH3 is 1. The molecule has 1 heterocycles. The summed E-state index contributed by atoms with van der Waals surface area (Å²) in [5, 5.41) is 14.4. The Morgan fingerprint density at radius 3 is 2.39 bits per heavy atom. The molecule has 3 aromatic carbocycles. The van der Waals surface area contributed by atoms with Crippen LogP contribution in [0.5, 0.6) is 5.75 Å². The van der Waals surface area contributed by atoms with E-state index in [1.54, 1.807) is 7.11 Å². The molecule has 0 aliphatic carbocycles. The Balaban J connectivity index is 1.52. The van der Waals surface area contributed by atoms with Gasteiger partial charge in [-0.15, -0.1) is 10.2 Å². The first-order valence-corrected chi connectivity index (χ1v) is 10.9. The van der Waals surface area contributed by atoms with Gasteiger partial charge in [-0.1, -0.05) is 84.6 Å². The van der Waals surface area contributed by atoms with Crippen LogP contribution in [-0.2, 0) is 11.3 Å². The van der Waals surface area contributed by atoms with E-state index in [-0.39, 0.29) is 11.2 Å². The van der Waals surface area contributed by atoms with Crippen LogP contribution in [0.15, 0.2) is 83.9 Å². The highest BCUT2D eigenvalue weighted by Crippen LogP contribution is 2.33. The zero-order valence-corrected chi connectivity index (χ0v) is 18.2. The fourth-order valence-electron chi connectivity index (χ4n) is 3.37. The van der Waals surface area contributed by atoms with Crippen LogP contribution in [0.1, 0.15) is 12.5 Å². The molecule has 0 fully saturated rings. The number of ether oxygens (including phenoxy) is 1. The fourth-order valence-corrected chi connectivity index (χ4v) is 4.29. The van der Waals surface area contributed by atoms with E-state index in [1.807, 2.05) is 85.8 Å². The third kappa shape index (κ3) is 4.70. The lowest BCUT2D eigenvalue weighted by Crippen LogP contribution is -2.30. The highest BCUT2D eigenvalue weighted by atomic mass is 32.2. The molecule has 4 aromatic rings. The third-order valence-corrected chi connectivity index (χ3v) is 6.10. The number of benzene rings is 3. The van der Waals surface area contributed by atoms with Gasteiger partial charge >= 0.3 is 0 Å². The predicted octanol–water partition coefficient (Wildman–Crippen LogP) is 5.10. The number of nitrogens with zero attached hydrogens (tertiary/aromatic N) is 2. The Kier molecular flexibility index (Phi) is 6.48. The maximum Gasteiger partial charge on any atom is 0.233 e. The number of nitrogens with one attached hydrogen (secondary N) is 1. The summed E-state index contributed by atoms with van der Waals surface area (Å²) in [6.07, 6.45) is 0. The smallest absolute Gasteiger partial charge is 0.233 e. The molecule has 31 heavy (non-hydrogen) atoms. The van der Waals surface area contributed by atoms with Gasteiger partial charge in [0.25, 0.3) is 0 Å². The van der Waals surface area contributed by atoms with Gasteiger partial charge < -0.3 is 10.1 Å². The number of rotatable bonds is 7. The van der Waals surface area contributed by atoms with E-state index in [1.165, 1.54) is 11.8 Å².